The van der Waals surface area contributed by atoms with Crippen LogP contribution in [0.3, 0.4) is 0 Å². The molecule has 1 amide bonds. The summed E-state index contributed by atoms with van der Waals surface area (Å²) < 4.78 is 78.8. The third-order valence-electron chi connectivity index (χ3n) is 5.73. The molecule has 0 spiro atoms. The number of nitrogens with zero attached hydrogens (tertiary/aromatic N) is 4. The number of fused-ring (bicyclic) bond motifs is 2. The number of carbonyl (C=O) groups excluding carboxylic acids is 1. The fourth-order valence-corrected chi connectivity index (χ4v) is 4.08. The van der Waals surface area contributed by atoms with Crippen molar-refractivity contribution in [2.24, 2.45) is 0 Å². The van der Waals surface area contributed by atoms with Crippen molar-refractivity contribution in [1.29, 1.82) is 0 Å². The van der Waals surface area contributed by atoms with Crippen molar-refractivity contribution >= 4 is 17.0 Å². The molecule has 0 radical (unpaired) electrons. The molecule has 190 valence electrons. The number of rotatable bonds is 4. The zero-order valence-electron chi connectivity index (χ0n) is 18.7. The predicted molar refractivity (Wildman–Crippen MR) is 111 cm³/mol. The van der Waals surface area contributed by atoms with E-state index >= 15 is 0 Å². The highest BCUT2D eigenvalue weighted by Gasteiger charge is 2.43. The van der Waals surface area contributed by atoms with Gasteiger partial charge < -0.3 is 23.8 Å². The molecule has 2 N–H and O–H groups in total. The molecule has 0 saturated carbocycles. The van der Waals surface area contributed by atoms with Gasteiger partial charge in [0.15, 0.2) is 17.3 Å². The number of hydrogen-bond donors (Lipinski definition) is 2. The van der Waals surface area contributed by atoms with Gasteiger partial charge in [0.2, 0.25) is 17.5 Å². The highest BCUT2D eigenvalue weighted by molar-refractivity contribution is 5.93. The van der Waals surface area contributed by atoms with Crippen LogP contribution in [0.4, 0.5) is 22.0 Å². The fourth-order valence-electron chi connectivity index (χ4n) is 4.08. The quantitative estimate of drug-likeness (QED) is 0.387. The molecule has 1 aromatic carbocycles. The monoisotopic (exact) mass is 511 g/mol. The number of aliphatic hydroxyl groups is 1. The standard InChI is InChI=1S/C22H18F5N5O4/c1-21(2,34)20-31-13(17(23)24)16(36-20)19(33)32-7-6-10-12(29-8-28-10)14(32)18-30-11-5-3-4-9(15(11)35-18)22(25,26)27/h3-5,8,14,17,34H,6-7H2,1-2H3,(H,28,29)/t14-/m0/s1. The van der Waals surface area contributed by atoms with E-state index in [2.05, 4.69) is 19.9 Å². The molecule has 36 heavy (non-hydrogen) atoms. The summed E-state index contributed by atoms with van der Waals surface area (Å²) in [5.74, 6) is -2.63. The maximum atomic E-state index is 13.7. The number of imidazole rings is 1. The van der Waals surface area contributed by atoms with Crippen molar-refractivity contribution in [3.05, 3.63) is 64.7 Å². The second-order valence-corrected chi connectivity index (χ2v) is 8.71. The zero-order chi connectivity index (χ0) is 26.0. The van der Waals surface area contributed by atoms with Crippen molar-refractivity contribution in [2.75, 3.05) is 6.54 Å². The maximum Gasteiger partial charge on any atom is 0.420 e. The zero-order valence-corrected chi connectivity index (χ0v) is 18.7. The minimum absolute atomic E-state index is 0.0508. The number of halogens is 5. The van der Waals surface area contributed by atoms with Gasteiger partial charge in [-0.25, -0.2) is 23.7 Å². The number of alkyl halides is 5. The average Bonchev–Trinajstić information content (AvgIpc) is 3.53. The molecular weight excluding hydrogens is 493 g/mol. The Labute approximate surface area is 199 Å². The molecular formula is C22H18F5N5O4. The lowest BCUT2D eigenvalue weighted by molar-refractivity contribution is -0.136. The normalized spacial score (nSPS) is 16.7. The first-order chi connectivity index (χ1) is 16.9. The first kappa shape index (κ1) is 23.9. The van der Waals surface area contributed by atoms with Crippen LogP contribution in [0.5, 0.6) is 0 Å². The first-order valence-electron chi connectivity index (χ1n) is 10.7. The topological polar surface area (TPSA) is 121 Å². The lowest BCUT2D eigenvalue weighted by atomic mass is 10.0. The van der Waals surface area contributed by atoms with Crippen LogP contribution < -0.4 is 0 Å². The Bertz CT molecular complexity index is 1450. The van der Waals surface area contributed by atoms with Gasteiger partial charge in [0.05, 0.1) is 12.0 Å². The third-order valence-corrected chi connectivity index (χ3v) is 5.73. The van der Waals surface area contributed by atoms with Gasteiger partial charge in [0.25, 0.3) is 12.3 Å². The van der Waals surface area contributed by atoms with Crippen molar-refractivity contribution in [1.82, 2.24) is 24.8 Å². The SMILES string of the molecule is CC(C)(O)c1nc(C(F)F)c(C(=O)N2CCc3[nH]cnc3[C@H]2c2nc3cccc(C(F)(F)F)c3o2)o1. The summed E-state index contributed by atoms with van der Waals surface area (Å²) in [5.41, 5.74) is -3.62. The van der Waals surface area contributed by atoms with Crippen LogP contribution in [-0.4, -0.2) is 42.4 Å². The summed E-state index contributed by atoms with van der Waals surface area (Å²) in [6.07, 6.45) is -6.36. The summed E-state index contributed by atoms with van der Waals surface area (Å²) in [5, 5.41) is 10.1. The van der Waals surface area contributed by atoms with Crippen molar-refractivity contribution in [3.8, 4) is 0 Å². The van der Waals surface area contributed by atoms with Crippen molar-refractivity contribution in [3.63, 3.8) is 0 Å². The molecule has 4 heterocycles. The van der Waals surface area contributed by atoms with Gasteiger partial charge in [-0.05, 0) is 26.0 Å². The number of benzene rings is 1. The van der Waals surface area contributed by atoms with E-state index in [4.69, 9.17) is 8.83 Å². The predicted octanol–water partition coefficient (Wildman–Crippen LogP) is 4.51. The Hall–Kier alpha value is -3.81. The molecule has 1 aliphatic rings. The highest BCUT2D eigenvalue weighted by atomic mass is 19.4. The fraction of sp³-hybridized carbons (Fsp3) is 0.364. The molecule has 0 unspecified atom stereocenters. The third kappa shape index (κ3) is 3.90. The second-order valence-electron chi connectivity index (χ2n) is 8.71. The highest BCUT2D eigenvalue weighted by Crippen LogP contribution is 2.40. The Balaban J connectivity index is 1.64. The molecule has 1 aliphatic heterocycles. The van der Waals surface area contributed by atoms with Crippen LogP contribution >= 0.6 is 0 Å². The smallest absolute Gasteiger partial charge is 0.420 e. The molecule has 0 aliphatic carbocycles. The number of hydrogen-bond acceptors (Lipinski definition) is 7. The van der Waals surface area contributed by atoms with Crippen LogP contribution in [0.25, 0.3) is 11.1 Å². The van der Waals surface area contributed by atoms with E-state index in [1.807, 2.05) is 0 Å². The molecule has 0 bridgehead atoms. The number of aromatic nitrogens is 4. The van der Waals surface area contributed by atoms with E-state index in [1.165, 1.54) is 32.3 Å². The number of carbonyl (C=O) groups is 1. The Morgan fingerprint density at radius 2 is 1.97 bits per heavy atom. The number of amides is 1. The lowest BCUT2D eigenvalue weighted by Crippen LogP contribution is -2.41. The number of nitrogens with one attached hydrogen (secondary N) is 1. The van der Waals surface area contributed by atoms with Gasteiger partial charge in [-0.1, -0.05) is 6.07 Å². The van der Waals surface area contributed by atoms with Crippen molar-refractivity contribution in [2.45, 2.75) is 44.5 Å². The summed E-state index contributed by atoms with van der Waals surface area (Å²) in [7, 11) is 0. The molecule has 5 rings (SSSR count). The molecule has 0 fully saturated rings. The molecule has 4 aromatic rings. The van der Waals surface area contributed by atoms with Gasteiger partial charge >= 0.3 is 6.18 Å². The van der Waals surface area contributed by atoms with Gasteiger partial charge in [0.1, 0.15) is 16.7 Å². The Morgan fingerprint density at radius 1 is 1.22 bits per heavy atom. The van der Waals surface area contributed by atoms with Crippen molar-refractivity contribution < 1.29 is 40.7 Å². The van der Waals surface area contributed by atoms with Gasteiger partial charge in [0, 0.05) is 18.7 Å². The van der Waals surface area contributed by atoms with E-state index in [9.17, 15) is 31.9 Å². The Kier molecular flexibility index (Phi) is 5.39. The summed E-state index contributed by atoms with van der Waals surface area (Å²) in [6, 6.07) is 2.08. The molecule has 0 saturated heterocycles. The van der Waals surface area contributed by atoms with E-state index in [0.29, 0.717) is 5.69 Å². The van der Waals surface area contributed by atoms with Crippen LogP contribution in [0.2, 0.25) is 0 Å². The van der Waals surface area contributed by atoms with Gasteiger partial charge in [-0.3, -0.25) is 4.79 Å². The minimum atomic E-state index is -4.73. The molecule has 3 aromatic heterocycles. The van der Waals surface area contributed by atoms with Crippen LogP contribution in [0.15, 0.2) is 33.4 Å². The number of oxazole rings is 2. The largest absolute Gasteiger partial charge is 0.437 e. The average molecular weight is 511 g/mol. The maximum absolute atomic E-state index is 13.7. The van der Waals surface area contributed by atoms with E-state index in [1.54, 1.807) is 0 Å². The molecule has 9 nitrogen and oxygen atoms in total. The Morgan fingerprint density at radius 3 is 2.64 bits per heavy atom. The first-order valence-corrected chi connectivity index (χ1v) is 10.7. The molecule has 1 atom stereocenters. The van der Waals surface area contributed by atoms with Crippen LogP contribution in [0.1, 0.15) is 71.3 Å². The number of para-hydroxylation sites is 1. The van der Waals surface area contributed by atoms with E-state index in [0.717, 1.165) is 11.0 Å². The van der Waals surface area contributed by atoms with Gasteiger partial charge in [-0.15, -0.1) is 0 Å². The second kappa shape index (κ2) is 8.11. The summed E-state index contributed by atoms with van der Waals surface area (Å²) in [4.78, 5) is 29.4. The molecule has 14 heteroatoms. The van der Waals surface area contributed by atoms with Crippen LogP contribution in [0, 0.1) is 0 Å². The summed E-state index contributed by atoms with van der Waals surface area (Å²) in [6.45, 7) is 2.45. The van der Waals surface area contributed by atoms with E-state index < -0.39 is 58.6 Å². The minimum Gasteiger partial charge on any atom is -0.437 e. The van der Waals surface area contributed by atoms with Gasteiger partial charge in [-0.2, -0.15) is 13.2 Å². The number of aromatic amines is 1. The lowest BCUT2D eigenvalue weighted by Gasteiger charge is -2.32. The van der Waals surface area contributed by atoms with E-state index in [-0.39, 0.29) is 30.1 Å². The number of H-pyrrole nitrogens is 1. The summed E-state index contributed by atoms with van der Waals surface area (Å²) >= 11 is 0. The van der Waals surface area contributed by atoms with Crippen LogP contribution in [-0.2, 0) is 18.2 Å².